The van der Waals surface area contributed by atoms with Crippen molar-refractivity contribution in [3.05, 3.63) is 16.3 Å². The second-order valence-corrected chi connectivity index (χ2v) is 4.14. The van der Waals surface area contributed by atoms with Crippen molar-refractivity contribution in [2.45, 2.75) is 19.3 Å². The second-order valence-electron chi connectivity index (χ2n) is 4.14. The highest BCUT2D eigenvalue weighted by atomic mass is 16.1. The molecule has 0 radical (unpaired) electrons. The number of nitrogens with one attached hydrogen (secondary N) is 2. The van der Waals surface area contributed by atoms with Crippen LogP contribution in [0.4, 0.5) is 0 Å². The fourth-order valence-electron chi connectivity index (χ4n) is 2.08. The monoisotopic (exact) mass is 196 g/mol. The molecule has 2 N–H and O–H groups in total. The van der Waals surface area contributed by atoms with Crippen LogP contribution in [-0.2, 0) is 7.05 Å². The highest BCUT2D eigenvalue weighted by Crippen LogP contribution is 2.23. The Morgan fingerprint density at radius 2 is 2.29 bits per heavy atom. The van der Waals surface area contributed by atoms with Gasteiger partial charge < -0.3 is 5.32 Å². The van der Waals surface area contributed by atoms with Crippen LogP contribution in [0.25, 0.3) is 0 Å². The minimum absolute atomic E-state index is 0.127. The predicted molar refractivity (Wildman–Crippen MR) is 53.2 cm³/mol. The number of hydrogen-bond acceptors (Lipinski definition) is 3. The smallest absolute Gasteiger partial charge is 0.316 e. The number of piperidine rings is 1. The van der Waals surface area contributed by atoms with Gasteiger partial charge in [-0.25, -0.2) is 9.89 Å². The lowest BCUT2D eigenvalue weighted by Gasteiger charge is -2.26. The summed E-state index contributed by atoms with van der Waals surface area (Å²) in [5.74, 6) is 1.89. The van der Waals surface area contributed by atoms with E-state index in [-0.39, 0.29) is 5.69 Å². The van der Waals surface area contributed by atoms with Gasteiger partial charge in [-0.1, -0.05) is 6.92 Å². The van der Waals surface area contributed by atoms with Gasteiger partial charge in [-0.15, -0.1) is 0 Å². The van der Waals surface area contributed by atoms with Crippen molar-refractivity contribution in [2.24, 2.45) is 13.0 Å². The Hall–Kier alpha value is -1.10. The van der Waals surface area contributed by atoms with E-state index >= 15 is 0 Å². The van der Waals surface area contributed by atoms with Crippen molar-refractivity contribution in [2.75, 3.05) is 13.1 Å². The highest BCUT2D eigenvalue weighted by molar-refractivity contribution is 4.99. The molecule has 1 aliphatic heterocycles. The van der Waals surface area contributed by atoms with Gasteiger partial charge in [0.25, 0.3) is 0 Å². The minimum Gasteiger partial charge on any atom is -0.316 e. The van der Waals surface area contributed by atoms with Crippen molar-refractivity contribution in [3.8, 4) is 0 Å². The van der Waals surface area contributed by atoms with Crippen molar-refractivity contribution < 1.29 is 0 Å². The molecule has 1 fully saturated rings. The molecule has 0 bridgehead atoms. The number of rotatable bonds is 1. The Morgan fingerprint density at radius 3 is 2.86 bits per heavy atom. The van der Waals surface area contributed by atoms with E-state index in [4.69, 9.17) is 0 Å². The van der Waals surface area contributed by atoms with E-state index in [0.29, 0.717) is 11.8 Å². The third kappa shape index (κ3) is 1.59. The van der Waals surface area contributed by atoms with Gasteiger partial charge in [0.15, 0.2) is 0 Å². The van der Waals surface area contributed by atoms with Crippen LogP contribution in [-0.4, -0.2) is 27.9 Å². The molecule has 0 unspecified atom stereocenters. The lowest BCUT2D eigenvalue weighted by atomic mass is 9.91. The van der Waals surface area contributed by atoms with Crippen molar-refractivity contribution >= 4 is 0 Å². The zero-order valence-electron chi connectivity index (χ0n) is 8.58. The summed E-state index contributed by atoms with van der Waals surface area (Å²) in [6.07, 6.45) is 1.10. The van der Waals surface area contributed by atoms with Crippen LogP contribution >= 0.6 is 0 Å². The molecule has 5 nitrogen and oxygen atoms in total. The van der Waals surface area contributed by atoms with E-state index in [1.54, 1.807) is 11.6 Å². The Morgan fingerprint density at radius 1 is 1.50 bits per heavy atom. The van der Waals surface area contributed by atoms with Crippen molar-refractivity contribution in [1.82, 2.24) is 20.1 Å². The first-order valence-electron chi connectivity index (χ1n) is 5.00. The molecule has 1 aromatic rings. The highest BCUT2D eigenvalue weighted by Gasteiger charge is 2.23. The number of aromatic amines is 1. The topological polar surface area (TPSA) is 62.7 Å². The molecule has 1 saturated heterocycles. The Labute approximate surface area is 82.5 Å². The molecular formula is C9H16N4O. The van der Waals surface area contributed by atoms with E-state index in [0.717, 1.165) is 25.3 Å². The molecule has 2 heterocycles. The van der Waals surface area contributed by atoms with Crippen LogP contribution in [0.15, 0.2) is 4.79 Å². The van der Waals surface area contributed by atoms with Gasteiger partial charge >= 0.3 is 5.69 Å². The molecule has 2 atom stereocenters. The third-order valence-corrected chi connectivity index (χ3v) is 2.85. The van der Waals surface area contributed by atoms with E-state index in [9.17, 15) is 4.79 Å². The van der Waals surface area contributed by atoms with Gasteiger partial charge in [0.05, 0.1) is 0 Å². The first-order valence-corrected chi connectivity index (χ1v) is 5.00. The normalized spacial score (nSPS) is 27.9. The summed E-state index contributed by atoms with van der Waals surface area (Å²) >= 11 is 0. The summed E-state index contributed by atoms with van der Waals surface area (Å²) in [5.41, 5.74) is -0.127. The molecule has 0 aliphatic carbocycles. The van der Waals surface area contributed by atoms with E-state index in [1.165, 1.54) is 0 Å². The first kappa shape index (κ1) is 9.45. The number of aromatic nitrogens is 3. The van der Waals surface area contributed by atoms with Crippen LogP contribution in [0.3, 0.4) is 0 Å². The minimum atomic E-state index is -0.127. The molecule has 0 saturated carbocycles. The molecule has 0 aromatic carbocycles. The average Bonchev–Trinajstić information content (AvgIpc) is 2.48. The maximum atomic E-state index is 11.2. The Bertz CT molecular complexity index is 367. The predicted octanol–water partition coefficient (Wildman–Crippen LogP) is -0.179. The summed E-state index contributed by atoms with van der Waals surface area (Å²) in [5, 5.41) is 9.89. The summed E-state index contributed by atoms with van der Waals surface area (Å²) in [6.45, 7) is 4.20. The summed E-state index contributed by atoms with van der Waals surface area (Å²) in [7, 11) is 1.76. The van der Waals surface area contributed by atoms with Gasteiger partial charge in [0.1, 0.15) is 5.82 Å². The Balaban J connectivity index is 2.22. The van der Waals surface area contributed by atoms with Crippen LogP contribution < -0.4 is 11.0 Å². The van der Waals surface area contributed by atoms with Gasteiger partial charge in [0.2, 0.25) is 0 Å². The zero-order chi connectivity index (χ0) is 10.1. The molecule has 2 rings (SSSR count). The van der Waals surface area contributed by atoms with E-state index in [1.807, 2.05) is 0 Å². The fraction of sp³-hybridized carbons (Fsp3) is 0.778. The first-order chi connectivity index (χ1) is 6.68. The largest absolute Gasteiger partial charge is 0.343 e. The quantitative estimate of drug-likeness (QED) is 0.655. The lowest BCUT2D eigenvalue weighted by molar-refractivity contribution is 0.350. The maximum Gasteiger partial charge on any atom is 0.343 e. The molecule has 0 amide bonds. The lowest BCUT2D eigenvalue weighted by Crippen LogP contribution is -2.35. The molecular weight excluding hydrogens is 180 g/mol. The second kappa shape index (κ2) is 3.57. The van der Waals surface area contributed by atoms with Crippen LogP contribution in [0.1, 0.15) is 25.1 Å². The van der Waals surface area contributed by atoms with E-state index < -0.39 is 0 Å². The van der Waals surface area contributed by atoms with Gasteiger partial charge in [0, 0.05) is 19.5 Å². The van der Waals surface area contributed by atoms with Gasteiger partial charge in [-0.2, -0.15) is 5.10 Å². The summed E-state index contributed by atoms with van der Waals surface area (Å²) in [4.78, 5) is 11.2. The summed E-state index contributed by atoms with van der Waals surface area (Å²) in [6, 6.07) is 0. The van der Waals surface area contributed by atoms with Gasteiger partial charge in [-0.05, 0) is 18.9 Å². The molecule has 1 aromatic heterocycles. The molecule has 5 heteroatoms. The SMILES string of the molecule is C[C@@H]1CNC[C@H](c2n[nH]c(=O)n2C)C1. The average molecular weight is 196 g/mol. The van der Waals surface area contributed by atoms with Crippen LogP contribution in [0.2, 0.25) is 0 Å². The Kier molecular flexibility index (Phi) is 2.41. The van der Waals surface area contributed by atoms with Crippen molar-refractivity contribution in [3.63, 3.8) is 0 Å². The molecule has 1 aliphatic rings. The van der Waals surface area contributed by atoms with Gasteiger partial charge in [-0.3, -0.25) is 4.57 Å². The fourth-order valence-corrected chi connectivity index (χ4v) is 2.08. The standard InChI is InChI=1S/C9H16N4O/c1-6-3-7(5-10-4-6)8-11-12-9(14)13(8)2/h6-7,10H,3-5H2,1-2H3,(H,12,14)/t6-,7+/m0/s1. The zero-order valence-corrected chi connectivity index (χ0v) is 8.58. The number of H-pyrrole nitrogens is 1. The van der Waals surface area contributed by atoms with Crippen molar-refractivity contribution in [1.29, 1.82) is 0 Å². The molecule has 78 valence electrons. The molecule has 14 heavy (non-hydrogen) atoms. The van der Waals surface area contributed by atoms with Crippen LogP contribution in [0, 0.1) is 5.92 Å². The number of nitrogens with zero attached hydrogens (tertiary/aromatic N) is 2. The van der Waals surface area contributed by atoms with E-state index in [2.05, 4.69) is 22.4 Å². The maximum absolute atomic E-state index is 11.2. The third-order valence-electron chi connectivity index (χ3n) is 2.85. The summed E-state index contributed by atoms with van der Waals surface area (Å²) < 4.78 is 1.60. The number of hydrogen-bond donors (Lipinski definition) is 2. The van der Waals surface area contributed by atoms with Crippen LogP contribution in [0.5, 0.6) is 0 Å². The molecule has 0 spiro atoms.